The molecule has 2 heterocycles. The van der Waals surface area contributed by atoms with Crippen molar-refractivity contribution in [2.24, 2.45) is 0 Å². The van der Waals surface area contributed by atoms with E-state index < -0.39 is 11.7 Å². The van der Waals surface area contributed by atoms with E-state index in [-0.39, 0.29) is 0 Å². The van der Waals surface area contributed by atoms with Crippen LogP contribution in [0.25, 0.3) is 0 Å². The highest BCUT2D eigenvalue weighted by molar-refractivity contribution is 7.07. The molecule has 1 N–H and O–H groups in total. The number of halogens is 3. The van der Waals surface area contributed by atoms with Gasteiger partial charge in [-0.05, 0) is 44.1 Å². The zero-order valence-electron chi connectivity index (χ0n) is 15.2. The lowest BCUT2D eigenvalue weighted by molar-refractivity contribution is -0.137. The third kappa shape index (κ3) is 6.19. The molecule has 1 aliphatic heterocycles. The topological polar surface area (TPSA) is 31.4 Å². The number of rotatable bonds is 8. The van der Waals surface area contributed by atoms with E-state index in [2.05, 4.69) is 20.6 Å². The van der Waals surface area contributed by atoms with Gasteiger partial charge in [0.05, 0.1) is 16.8 Å². The standard InChI is InChI=1S/C19H25F3N4S/c20-19(21,22)16-4-3-5-18(12-16)26-10-8-25(9-11-26)7-2-1-6-23-13-17-14-27-15-24-17/h3-5,12,14-15,23H,1-2,6-11,13H2. The third-order valence-electron chi connectivity index (χ3n) is 4.78. The molecule has 27 heavy (non-hydrogen) atoms. The normalized spacial score (nSPS) is 16.0. The van der Waals surface area contributed by atoms with Gasteiger partial charge in [-0.1, -0.05) is 6.07 Å². The van der Waals surface area contributed by atoms with E-state index >= 15 is 0 Å². The van der Waals surface area contributed by atoms with Crippen LogP contribution in [0, 0.1) is 0 Å². The smallest absolute Gasteiger partial charge is 0.369 e. The first kappa shape index (κ1) is 20.1. The predicted molar refractivity (Wildman–Crippen MR) is 103 cm³/mol. The molecule has 8 heteroatoms. The van der Waals surface area contributed by atoms with Crippen molar-refractivity contribution in [2.45, 2.75) is 25.6 Å². The molecule has 148 valence electrons. The van der Waals surface area contributed by atoms with E-state index in [1.165, 1.54) is 12.1 Å². The third-order valence-corrected chi connectivity index (χ3v) is 5.41. The maximum absolute atomic E-state index is 12.9. The summed E-state index contributed by atoms with van der Waals surface area (Å²) in [4.78, 5) is 8.68. The summed E-state index contributed by atoms with van der Waals surface area (Å²) in [7, 11) is 0. The lowest BCUT2D eigenvalue weighted by atomic mass is 10.1. The molecule has 0 amide bonds. The van der Waals surface area contributed by atoms with Gasteiger partial charge < -0.3 is 10.2 Å². The average molecular weight is 398 g/mol. The molecule has 1 aromatic heterocycles. The van der Waals surface area contributed by atoms with Crippen molar-refractivity contribution in [2.75, 3.05) is 44.2 Å². The second kappa shape index (κ2) is 9.52. The minimum atomic E-state index is -4.29. The number of alkyl halides is 3. The molecule has 4 nitrogen and oxygen atoms in total. The number of benzene rings is 1. The van der Waals surface area contributed by atoms with Gasteiger partial charge in [0.15, 0.2) is 0 Å². The van der Waals surface area contributed by atoms with Crippen molar-refractivity contribution in [3.05, 3.63) is 46.4 Å². The molecule has 3 rings (SSSR count). The Morgan fingerprint density at radius 3 is 2.63 bits per heavy atom. The maximum atomic E-state index is 12.9. The Labute approximate surface area is 162 Å². The van der Waals surface area contributed by atoms with Gasteiger partial charge in [-0.25, -0.2) is 4.98 Å². The first-order valence-electron chi connectivity index (χ1n) is 9.25. The van der Waals surface area contributed by atoms with Crippen LogP contribution in [0.4, 0.5) is 18.9 Å². The Bertz CT molecular complexity index is 683. The summed E-state index contributed by atoms with van der Waals surface area (Å²) in [5.74, 6) is 0. The quantitative estimate of drug-likeness (QED) is 0.685. The number of nitrogens with zero attached hydrogens (tertiary/aromatic N) is 3. The molecule has 1 saturated heterocycles. The molecule has 1 aromatic carbocycles. The van der Waals surface area contributed by atoms with Crippen molar-refractivity contribution in [3.63, 3.8) is 0 Å². The van der Waals surface area contributed by atoms with Crippen LogP contribution >= 0.6 is 11.3 Å². The Morgan fingerprint density at radius 1 is 1.11 bits per heavy atom. The summed E-state index contributed by atoms with van der Waals surface area (Å²) in [6.45, 7) is 6.15. The largest absolute Gasteiger partial charge is 0.416 e. The highest BCUT2D eigenvalue weighted by Crippen LogP contribution is 2.31. The summed E-state index contributed by atoms with van der Waals surface area (Å²) < 4.78 is 38.6. The molecule has 0 bridgehead atoms. The van der Waals surface area contributed by atoms with Crippen LogP contribution in [0.5, 0.6) is 0 Å². The fraction of sp³-hybridized carbons (Fsp3) is 0.526. The minimum absolute atomic E-state index is 0.576. The Morgan fingerprint density at radius 2 is 1.93 bits per heavy atom. The fourth-order valence-corrected chi connectivity index (χ4v) is 3.79. The molecule has 1 aliphatic rings. The van der Waals surface area contributed by atoms with Gasteiger partial charge in [0.25, 0.3) is 0 Å². The van der Waals surface area contributed by atoms with Crippen LogP contribution in [0.2, 0.25) is 0 Å². The molecular weight excluding hydrogens is 373 g/mol. The maximum Gasteiger partial charge on any atom is 0.416 e. The zero-order chi connectivity index (χ0) is 19.1. The van der Waals surface area contributed by atoms with Crippen molar-refractivity contribution < 1.29 is 13.2 Å². The lowest BCUT2D eigenvalue weighted by Crippen LogP contribution is -2.46. The number of hydrogen-bond acceptors (Lipinski definition) is 5. The SMILES string of the molecule is FC(F)(F)c1cccc(N2CCN(CCCCNCc3cscn3)CC2)c1. The second-order valence-electron chi connectivity index (χ2n) is 6.74. The summed E-state index contributed by atoms with van der Waals surface area (Å²) in [6.07, 6.45) is -2.06. The van der Waals surface area contributed by atoms with Gasteiger partial charge in [-0.2, -0.15) is 13.2 Å². The summed E-state index contributed by atoms with van der Waals surface area (Å²) in [5, 5.41) is 5.45. The summed E-state index contributed by atoms with van der Waals surface area (Å²) in [6, 6.07) is 5.63. The second-order valence-corrected chi connectivity index (χ2v) is 7.46. The lowest BCUT2D eigenvalue weighted by Gasteiger charge is -2.36. The molecule has 0 saturated carbocycles. The number of unbranched alkanes of at least 4 members (excludes halogenated alkanes) is 1. The van der Waals surface area contributed by atoms with E-state index in [1.54, 1.807) is 17.4 Å². The molecule has 0 radical (unpaired) electrons. The van der Waals surface area contributed by atoms with Gasteiger partial charge in [0.2, 0.25) is 0 Å². The Hall–Kier alpha value is -1.64. The van der Waals surface area contributed by atoms with Gasteiger partial charge >= 0.3 is 6.18 Å². The molecule has 0 atom stereocenters. The van der Waals surface area contributed by atoms with E-state index in [0.717, 1.165) is 70.4 Å². The predicted octanol–water partition coefficient (Wildman–Crippen LogP) is 3.85. The van der Waals surface area contributed by atoms with Gasteiger partial charge in [0.1, 0.15) is 0 Å². The summed E-state index contributed by atoms with van der Waals surface area (Å²) in [5.41, 5.74) is 3.02. The highest BCUT2D eigenvalue weighted by Gasteiger charge is 2.31. The number of nitrogens with one attached hydrogen (secondary N) is 1. The highest BCUT2D eigenvalue weighted by atomic mass is 32.1. The number of anilines is 1. The van der Waals surface area contributed by atoms with Crippen LogP contribution in [0.3, 0.4) is 0 Å². The van der Waals surface area contributed by atoms with E-state index in [0.29, 0.717) is 5.69 Å². The van der Waals surface area contributed by atoms with Gasteiger partial charge in [0, 0.05) is 43.8 Å². The van der Waals surface area contributed by atoms with Crippen LogP contribution in [0.1, 0.15) is 24.1 Å². The monoisotopic (exact) mass is 398 g/mol. The van der Waals surface area contributed by atoms with Crippen LogP contribution in [0.15, 0.2) is 35.2 Å². The number of hydrogen-bond donors (Lipinski definition) is 1. The zero-order valence-corrected chi connectivity index (χ0v) is 16.0. The first-order valence-corrected chi connectivity index (χ1v) is 10.2. The molecule has 0 aliphatic carbocycles. The number of piperazine rings is 1. The number of aromatic nitrogens is 1. The summed E-state index contributed by atoms with van der Waals surface area (Å²) >= 11 is 1.61. The fourth-order valence-electron chi connectivity index (χ4n) is 3.24. The van der Waals surface area contributed by atoms with E-state index in [4.69, 9.17) is 0 Å². The van der Waals surface area contributed by atoms with Crippen molar-refractivity contribution >= 4 is 17.0 Å². The Kier molecular flexibility index (Phi) is 7.09. The Balaban J connectivity index is 1.33. The van der Waals surface area contributed by atoms with Gasteiger partial charge in [-0.15, -0.1) is 11.3 Å². The number of thiazole rings is 1. The minimum Gasteiger partial charge on any atom is -0.369 e. The van der Waals surface area contributed by atoms with Crippen molar-refractivity contribution in [1.29, 1.82) is 0 Å². The van der Waals surface area contributed by atoms with Crippen molar-refractivity contribution in [1.82, 2.24) is 15.2 Å². The average Bonchev–Trinajstić information content (AvgIpc) is 3.18. The van der Waals surface area contributed by atoms with Crippen LogP contribution < -0.4 is 10.2 Å². The molecular formula is C19H25F3N4S. The van der Waals surface area contributed by atoms with Crippen LogP contribution in [-0.2, 0) is 12.7 Å². The molecule has 0 spiro atoms. The van der Waals surface area contributed by atoms with Crippen molar-refractivity contribution in [3.8, 4) is 0 Å². The molecule has 1 fully saturated rings. The van der Waals surface area contributed by atoms with E-state index in [9.17, 15) is 13.2 Å². The first-order chi connectivity index (χ1) is 13.0. The van der Waals surface area contributed by atoms with E-state index in [1.807, 2.05) is 10.4 Å². The molecule has 0 unspecified atom stereocenters. The van der Waals surface area contributed by atoms with Crippen LogP contribution in [-0.4, -0.2) is 49.2 Å². The van der Waals surface area contributed by atoms with Gasteiger partial charge in [-0.3, -0.25) is 4.90 Å². The molecule has 2 aromatic rings.